The molecule has 0 spiro atoms. The highest BCUT2D eigenvalue weighted by molar-refractivity contribution is 7.90. The van der Waals surface area contributed by atoms with Crippen LogP contribution in [0.2, 0.25) is 5.02 Å². The third-order valence-electron chi connectivity index (χ3n) is 2.20. The molecule has 1 rings (SSSR count). The number of ether oxygens (including phenoxy) is 1. The van der Waals surface area contributed by atoms with E-state index in [-0.39, 0.29) is 22.1 Å². The van der Waals surface area contributed by atoms with Crippen molar-refractivity contribution in [2.75, 3.05) is 12.9 Å². The number of carbonyl (C=O) groups excluding carboxylic acids is 1. The summed E-state index contributed by atoms with van der Waals surface area (Å²) in [6.45, 7) is 1.66. The van der Waals surface area contributed by atoms with Crippen LogP contribution in [0.4, 0.5) is 0 Å². The normalized spacial score (nSPS) is 13.1. The highest BCUT2D eigenvalue weighted by Gasteiger charge is 2.27. The lowest BCUT2D eigenvalue weighted by Gasteiger charge is -2.15. The zero-order valence-electron chi connectivity index (χ0n) is 9.88. The number of rotatable bonds is 4. The Morgan fingerprint density at radius 1 is 1.50 bits per heavy atom. The summed E-state index contributed by atoms with van der Waals surface area (Å²) in [5, 5.41) is 9.82. The number of hydrogen-bond acceptors (Lipinski definition) is 5. The molecule has 1 atom stereocenters. The first-order valence-corrected chi connectivity index (χ1v) is 7.39. The standard InChI is InChI=1S/C11H13ClO5S/c1-3-17-11(14)10(13)9-7(12)5-4-6-8(9)18(2,15)16/h4-6,10,13H,3H2,1-2H3. The van der Waals surface area contributed by atoms with Crippen molar-refractivity contribution >= 4 is 27.4 Å². The van der Waals surface area contributed by atoms with E-state index in [1.54, 1.807) is 6.92 Å². The van der Waals surface area contributed by atoms with Gasteiger partial charge in [-0.25, -0.2) is 13.2 Å². The highest BCUT2D eigenvalue weighted by Crippen LogP contribution is 2.30. The van der Waals surface area contributed by atoms with E-state index >= 15 is 0 Å². The number of benzene rings is 1. The van der Waals surface area contributed by atoms with Crippen molar-refractivity contribution in [2.24, 2.45) is 0 Å². The predicted octanol–water partition coefficient (Wildman–Crippen LogP) is 1.34. The third kappa shape index (κ3) is 3.22. The summed E-state index contributed by atoms with van der Waals surface area (Å²) >= 11 is 5.84. The number of carbonyl (C=O) groups is 1. The van der Waals surface area contributed by atoms with E-state index in [2.05, 4.69) is 4.74 Å². The van der Waals surface area contributed by atoms with Gasteiger partial charge in [-0.05, 0) is 19.1 Å². The minimum Gasteiger partial charge on any atom is -0.464 e. The molecule has 0 fully saturated rings. The van der Waals surface area contributed by atoms with Crippen LogP contribution in [-0.4, -0.2) is 32.4 Å². The maximum absolute atomic E-state index is 11.6. The van der Waals surface area contributed by atoms with Gasteiger partial charge in [0.1, 0.15) is 0 Å². The SMILES string of the molecule is CCOC(=O)C(O)c1c(Cl)cccc1S(C)(=O)=O. The van der Waals surface area contributed by atoms with E-state index in [9.17, 15) is 18.3 Å². The molecule has 18 heavy (non-hydrogen) atoms. The van der Waals surface area contributed by atoms with Crippen molar-refractivity contribution in [1.82, 2.24) is 0 Å². The van der Waals surface area contributed by atoms with Gasteiger partial charge in [-0.1, -0.05) is 17.7 Å². The summed E-state index contributed by atoms with van der Waals surface area (Å²) in [6, 6.07) is 4.10. The number of aliphatic hydroxyl groups is 1. The zero-order chi connectivity index (χ0) is 13.9. The fourth-order valence-corrected chi connectivity index (χ4v) is 2.73. The highest BCUT2D eigenvalue weighted by atomic mass is 35.5. The molecular formula is C11H13ClO5S. The van der Waals surface area contributed by atoms with Crippen LogP contribution in [0.1, 0.15) is 18.6 Å². The average molecular weight is 293 g/mol. The molecule has 1 aromatic rings. The second kappa shape index (κ2) is 5.69. The molecule has 1 unspecified atom stereocenters. The number of aliphatic hydroxyl groups excluding tert-OH is 1. The molecule has 0 saturated heterocycles. The maximum Gasteiger partial charge on any atom is 0.339 e. The quantitative estimate of drug-likeness (QED) is 0.847. The van der Waals surface area contributed by atoms with Gasteiger partial charge in [0.2, 0.25) is 0 Å². The largest absolute Gasteiger partial charge is 0.464 e. The van der Waals surface area contributed by atoms with Gasteiger partial charge in [0.05, 0.1) is 11.5 Å². The number of hydrogen-bond donors (Lipinski definition) is 1. The summed E-state index contributed by atoms with van der Waals surface area (Å²) in [6.07, 6.45) is -0.747. The smallest absolute Gasteiger partial charge is 0.339 e. The maximum atomic E-state index is 11.6. The monoisotopic (exact) mass is 292 g/mol. The van der Waals surface area contributed by atoms with Crippen LogP contribution in [0, 0.1) is 0 Å². The lowest BCUT2D eigenvalue weighted by molar-refractivity contribution is -0.153. The van der Waals surface area contributed by atoms with Crippen molar-refractivity contribution in [1.29, 1.82) is 0 Å². The van der Waals surface area contributed by atoms with Crippen molar-refractivity contribution < 1.29 is 23.1 Å². The lowest BCUT2D eigenvalue weighted by atomic mass is 10.1. The molecule has 1 aromatic carbocycles. The van der Waals surface area contributed by atoms with Crippen LogP contribution in [0.25, 0.3) is 0 Å². The third-order valence-corrected chi connectivity index (χ3v) is 3.68. The number of halogens is 1. The molecule has 0 heterocycles. The van der Waals surface area contributed by atoms with E-state index in [4.69, 9.17) is 11.6 Å². The van der Waals surface area contributed by atoms with E-state index in [1.165, 1.54) is 18.2 Å². The topological polar surface area (TPSA) is 80.7 Å². The van der Waals surface area contributed by atoms with E-state index < -0.39 is 21.9 Å². The van der Waals surface area contributed by atoms with E-state index in [1.807, 2.05) is 0 Å². The summed E-state index contributed by atoms with van der Waals surface area (Å²) in [7, 11) is -3.60. The van der Waals surface area contributed by atoms with Gasteiger partial charge < -0.3 is 9.84 Å². The molecule has 0 saturated carbocycles. The summed E-state index contributed by atoms with van der Waals surface area (Å²) in [4.78, 5) is 11.3. The van der Waals surface area contributed by atoms with Crippen molar-refractivity contribution in [2.45, 2.75) is 17.9 Å². The first-order valence-electron chi connectivity index (χ1n) is 5.12. The molecule has 5 nitrogen and oxygen atoms in total. The lowest BCUT2D eigenvalue weighted by Crippen LogP contribution is -2.18. The molecule has 0 aliphatic rings. The van der Waals surface area contributed by atoms with E-state index in [0.29, 0.717) is 0 Å². The van der Waals surface area contributed by atoms with Crippen molar-refractivity contribution in [3.63, 3.8) is 0 Å². The van der Waals surface area contributed by atoms with Crippen LogP contribution < -0.4 is 0 Å². The van der Waals surface area contributed by atoms with Crippen LogP contribution >= 0.6 is 11.6 Å². The molecule has 100 valence electrons. The number of esters is 1. The van der Waals surface area contributed by atoms with Crippen molar-refractivity contribution in [3.05, 3.63) is 28.8 Å². The molecule has 1 N–H and O–H groups in total. The molecule has 0 aliphatic heterocycles. The van der Waals surface area contributed by atoms with E-state index in [0.717, 1.165) is 6.26 Å². The van der Waals surface area contributed by atoms with Gasteiger partial charge in [-0.2, -0.15) is 0 Å². The Morgan fingerprint density at radius 2 is 2.11 bits per heavy atom. The van der Waals surface area contributed by atoms with Crippen LogP contribution in [0.5, 0.6) is 0 Å². The molecule has 7 heteroatoms. The Balaban J connectivity index is 3.35. The first kappa shape index (κ1) is 14.9. The summed E-state index contributed by atoms with van der Waals surface area (Å²) in [5.41, 5.74) is -0.153. The minimum absolute atomic E-state index is 0.00141. The Labute approximate surface area is 110 Å². The van der Waals surface area contributed by atoms with Crippen molar-refractivity contribution in [3.8, 4) is 0 Å². The van der Waals surface area contributed by atoms with Crippen LogP contribution in [0.15, 0.2) is 23.1 Å². The Kier molecular flexibility index (Phi) is 4.72. The predicted molar refractivity (Wildman–Crippen MR) is 66.2 cm³/mol. The van der Waals surface area contributed by atoms with Gasteiger partial charge in [-0.15, -0.1) is 0 Å². The van der Waals surface area contributed by atoms with Gasteiger partial charge in [0.25, 0.3) is 0 Å². The second-order valence-electron chi connectivity index (χ2n) is 3.58. The second-order valence-corrected chi connectivity index (χ2v) is 5.97. The minimum atomic E-state index is -3.60. The Hall–Kier alpha value is -1.11. The summed E-state index contributed by atoms with van der Waals surface area (Å²) < 4.78 is 27.8. The molecule has 0 amide bonds. The molecule has 0 bridgehead atoms. The Bertz CT molecular complexity index is 553. The molecule has 0 aliphatic carbocycles. The van der Waals surface area contributed by atoms with Gasteiger partial charge >= 0.3 is 5.97 Å². The van der Waals surface area contributed by atoms with Crippen LogP contribution in [0.3, 0.4) is 0 Å². The number of sulfone groups is 1. The van der Waals surface area contributed by atoms with Gasteiger partial charge in [0.15, 0.2) is 15.9 Å². The van der Waals surface area contributed by atoms with Crippen LogP contribution in [-0.2, 0) is 19.4 Å². The Morgan fingerprint density at radius 3 is 2.61 bits per heavy atom. The average Bonchev–Trinajstić information content (AvgIpc) is 2.27. The van der Waals surface area contributed by atoms with Gasteiger partial charge in [0, 0.05) is 16.8 Å². The molecule has 0 aromatic heterocycles. The molecule has 0 radical (unpaired) electrons. The molecular weight excluding hydrogens is 280 g/mol. The summed E-state index contributed by atoms with van der Waals surface area (Å²) in [5.74, 6) is -0.935. The van der Waals surface area contributed by atoms with Gasteiger partial charge in [-0.3, -0.25) is 0 Å². The fraction of sp³-hybridized carbons (Fsp3) is 0.364. The zero-order valence-corrected chi connectivity index (χ0v) is 11.5. The first-order chi connectivity index (χ1) is 8.29. The fourth-order valence-electron chi connectivity index (χ4n) is 1.44.